The van der Waals surface area contributed by atoms with Gasteiger partial charge in [-0.2, -0.15) is 0 Å². The van der Waals surface area contributed by atoms with E-state index in [4.69, 9.17) is 0 Å². The van der Waals surface area contributed by atoms with Crippen LogP contribution in [0.15, 0.2) is 52.4 Å². The van der Waals surface area contributed by atoms with Gasteiger partial charge in [-0.05, 0) is 41.2 Å². The number of fused-ring (bicyclic) bond motifs is 3. The van der Waals surface area contributed by atoms with Crippen LogP contribution in [0.2, 0.25) is 0 Å². The van der Waals surface area contributed by atoms with Crippen molar-refractivity contribution in [3.63, 3.8) is 0 Å². The zero-order chi connectivity index (χ0) is 18.1. The molecule has 26 heavy (non-hydrogen) atoms. The molecule has 1 aliphatic rings. The van der Waals surface area contributed by atoms with Crippen LogP contribution in [0.25, 0.3) is 11.1 Å². The Hall–Kier alpha value is -2.60. The first-order chi connectivity index (χ1) is 12.7. The SMILES string of the molecule is CCCn1c(SCC(=O)c2ccc3c(c2)Cc2ccccc2-3)n[nH]c1=O. The van der Waals surface area contributed by atoms with Crippen molar-refractivity contribution in [2.75, 3.05) is 5.75 Å². The maximum Gasteiger partial charge on any atom is 0.343 e. The van der Waals surface area contributed by atoms with Gasteiger partial charge in [0.1, 0.15) is 0 Å². The Balaban J connectivity index is 1.50. The molecule has 0 saturated carbocycles. The molecule has 0 spiro atoms. The van der Waals surface area contributed by atoms with Crippen LogP contribution in [0.3, 0.4) is 0 Å². The third-order valence-corrected chi connectivity index (χ3v) is 5.59. The number of hydrogen-bond donors (Lipinski definition) is 1. The van der Waals surface area contributed by atoms with Crippen molar-refractivity contribution in [2.24, 2.45) is 0 Å². The number of thioether (sulfide) groups is 1. The second-order valence-electron chi connectivity index (χ2n) is 6.38. The molecule has 0 unspecified atom stereocenters. The Morgan fingerprint density at radius 3 is 2.85 bits per heavy atom. The van der Waals surface area contributed by atoms with Crippen LogP contribution >= 0.6 is 11.8 Å². The number of aromatic amines is 1. The van der Waals surface area contributed by atoms with Crippen LogP contribution in [-0.2, 0) is 13.0 Å². The molecule has 0 amide bonds. The van der Waals surface area contributed by atoms with Gasteiger partial charge in [-0.1, -0.05) is 55.1 Å². The van der Waals surface area contributed by atoms with Crippen LogP contribution in [-0.4, -0.2) is 26.3 Å². The number of H-pyrrole nitrogens is 1. The molecule has 0 fully saturated rings. The Labute approximate surface area is 155 Å². The predicted octanol–water partition coefficient (Wildman–Crippen LogP) is 3.53. The Bertz CT molecular complexity index is 1040. The molecule has 6 heteroatoms. The highest BCUT2D eigenvalue weighted by molar-refractivity contribution is 7.99. The number of Topliss-reactive ketones (excluding diaryl/α,β-unsaturated/α-hetero) is 1. The average Bonchev–Trinajstić information content (AvgIpc) is 3.20. The molecule has 0 aliphatic heterocycles. The zero-order valence-electron chi connectivity index (χ0n) is 14.5. The summed E-state index contributed by atoms with van der Waals surface area (Å²) in [7, 11) is 0. The van der Waals surface area contributed by atoms with Crippen molar-refractivity contribution in [3.05, 3.63) is 69.6 Å². The molecule has 5 nitrogen and oxygen atoms in total. The average molecular weight is 365 g/mol. The molecular weight excluding hydrogens is 346 g/mol. The minimum Gasteiger partial charge on any atom is -0.293 e. The van der Waals surface area contributed by atoms with Crippen molar-refractivity contribution < 1.29 is 4.79 Å². The number of benzene rings is 2. The highest BCUT2D eigenvalue weighted by Crippen LogP contribution is 2.36. The van der Waals surface area contributed by atoms with E-state index < -0.39 is 0 Å². The van der Waals surface area contributed by atoms with Gasteiger partial charge in [0, 0.05) is 12.1 Å². The van der Waals surface area contributed by atoms with Gasteiger partial charge in [0.05, 0.1) is 5.75 Å². The lowest BCUT2D eigenvalue weighted by molar-refractivity contribution is 0.102. The number of carbonyl (C=O) groups excluding carboxylic acids is 1. The van der Waals surface area contributed by atoms with E-state index in [2.05, 4.69) is 22.3 Å². The summed E-state index contributed by atoms with van der Waals surface area (Å²) < 4.78 is 1.58. The number of nitrogens with zero attached hydrogens (tertiary/aromatic N) is 2. The molecule has 1 heterocycles. The summed E-state index contributed by atoms with van der Waals surface area (Å²) in [5.41, 5.74) is 5.47. The Morgan fingerprint density at radius 1 is 1.19 bits per heavy atom. The Morgan fingerprint density at radius 2 is 2.00 bits per heavy atom. The molecule has 1 aromatic heterocycles. The molecular formula is C20H19N3O2S. The van der Waals surface area contributed by atoms with Crippen LogP contribution in [0, 0.1) is 0 Å². The van der Waals surface area contributed by atoms with E-state index in [1.165, 1.54) is 34.0 Å². The zero-order valence-corrected chi connectivity index (χ0v) is 15.3. The van der Waals surface area contributed by atoms with Crippen molar-refractivity contribution in [3.8, 4) is 11.1 Å². The van der Waals surface area contributed by atoms with Crippen LogP contribution < -0.4 is 5.69 Å². The lowest BCUT2D eigenvalue weighted by Crippen LogP contribution is -2.17. The maximum absolute atomic E-state index is 12.6. The molecule has 0 atom stereocenters. The largest absolute Gasteiger partial charge is 0.343 e. The van der Waals surface area contributed by atoms with Crippen LogP contribution in [0.1, 0.15) is 34.8 Å². The van der Waals surface area contributed by atoms with Gasteiger partial charge >= 0.3 is 5.69 Å². The fraction of sp³-hybridized carbons (Fsp3) is 0.250. The molecule has 0 radical (unpaired) electrons. The third-order valence-electron chi connectivity index (χ3n) is 4.62. The predicted molar refractivity (Wildman–Crippen MR) is 103 cm³/mol. The molecule has 4 rings (SSSR count). The highest BCUT2D eigenvalue weighted by atomic mass is 32.2. The Kier molecular flexibility index (Phi) is 4.51. The number of carbonyl (C=O) groups is 1. The smallest absolute Gasteiger partial charge is 0.293 e. The van der Waals surface area contributed by atoms with E-state index in [0.29, 0.717) is 17.3 Å². The summed E-state index contributed by atoms with van der Waals surface area (Å²) in [5, 5.41) is 7.04. The van der Waals surface area contributed by atoms with E-state index in [1.807, 2.05) is 37.3 Å². The van der Waals surface area contributed by atoms with Crippen molar-refractivity contribution in [2.45, 2.75) is 31.5 Å². The van der Waals surface area contributed by atoms with E-state index in [0.717, 1.165) is 12.8 Å². The molecule has 1 N–H and O–H groups in total. The van der Waals surface area contributed by atoms with Crippen molar-refractivity contribution in [1.29, 1.82) is 0 Å². The first kappa shape index (κ1) is 16.8. The second-order valence-corrected chi connectivity index (χ2v) is 7.32. The van der Waals surface area contributed by atoms with Crippen molar-refractivity contribution in [1.82, 2.24) is 14.8 Å². The second kappa shape index (κ2) is 6.96. The number of hydrogen-bond acceptors (Lipinski definition) is 4. The minimum absolute atomic E-state index is 0.0484. The normalized spacial score (nSPS) is 12.0. The first-order valence-corrected chi connectivity index (χ1v) is 9.68. The van der Waals surface area contributed by atoms with Gasteiger partial charge in [-0.15, -0.1) is 5.10 Å². The van der Waals surface area contributed by atoms with Crippen molar-refractivity contribution >= 4 is 17.5 Å². The lowest BCUT2D eigenvalue weighted by Gasteiger charge is -2.06. The first-order valence-electron chi connectivity index (χ1n) is 8.69. The van der Waals surface area contributed by atoms with E-state index in [9.17, 15) is 9.59 Å². The van der Waals surface area contributed by atoms with Crippen LogP contribution in [0.4, 0.5) is 0 Å². The summed E-state index contributed by atoms with van der Waals surface area (Å²) in [6.07, 6.45) is 1.71. The van der Waals surface area contributed by atoms with E-state index in [-0.39, 0.29) is 17.2 Å². The highest BCUT2D eigenvalue weighted by Gasteiger charge is 2.20. The fourth-order valence-corrected chi connectivity index (χ4v) is 4.23. The topological polar surface area (TPSA) is 67.8 Å². The fourth-order valence-electron chi connectivity index (χ4n) is 3.37. The molecule has 0 saturated heterocycles. The molecule has 132 valence electrons. The quantitative estimate of drug-likeness (QED) is 0.419. The number of ketones is 1. The minimum atomic E-state index is -0.225. The standard InChI is InChI=1S/C20H19N3O2S/c1-2-9-23-19(25)21-22-20(23)26-12-18(24)14-7-8-17-15(11-14)10-13-5-3-4-6-16(13)17/h3-8,11H,2,9-10,12H2,1H3,(H,21,25). The number of aromatic nitrogens is 3. The van der Waals surface area contributed by atoms with Gasteiger partial charge in [-0.3, -0.25) is 9.36 Å². The maximum atomic E-state index is 12.6. The summed E-state index contributed by atoms with van der Waals surface area (Å²) in [5.74, 6) is 0.312. The third kappa shape index (κ3) is 3.01. The molecule has 3 aromatic rings. The van der Waals surface area contributed by atoms with Gasteiger partial charge in [0.2, 0.25) is 0 Å². The molecule has 0 bridgehead atoms. The number of nitrogens with one attached hydrogen (secondary N) is 1. The van der Waals surface area contributed by atoms with Gasteiger partial charge in [0.15, 0.2) is 10.9 Å². The summed E-state index contributed by atoms with van der Waals surface area (Å²) in [4.78, 5) is 24.3. The van der Waals surface area contributed by atoms with Crippen LogP contribution in [0.5, 0.6) is 0 Å². The van der Waals surface area contributed by atoms with Gasteiger partial charge in [-0.25, -0.2) is 9.89 Å². The monoisotopic (exact) mass is 365 g/mol. The molecule has 2 aromatic carbocycles. The summed E-state index contributed by atoms with van der Waals surface area (Å²) in [6, 6.07) is 14.3. The van der Waals surface area contributed by atoms with E-state index in [1.54, 1.807) is 4.57 Å². The van der Waals surface area contributed by atoms with Gasteiger partial charge in [0.25, 0.3) is 0 Å². The summed E-state index contributed by atoms with van der Waals surface area (Å²) in [6.45, 7) is 2.60. The number of rotatable bonds is 6. The molecule has 1 aliphatic carbocycles. The van der Waals surface area contributed by atoms with E-state index >= 15 is 0 Å². The van der Waals surface area contributed by atoms with Gasteiger partial charge < -0.3 is 0 Å². The lowest BCUT2D eigenvalue weighted by atomic mass is 10.0. The summed E-state index contributed by atoms with van der Waals surface area (Å²) >= 11 is 1.30.